The minimum atomic E-state index is -0.697. The van der Waals surface area contributed by atoms with Crippen molar-refractivity contribution in [3.05, 3.63) is 45.6 Å². The predicted octanol–water partition coefficient (Wildman–Crippen LogP) is 4.84. The molecular formula is C29H38N2O4. The van der Waals surface area contributed by atoms with Crippen molar-refractivity contribution in [2.75, 3.05) is 27.2 Å². The van der Waals surface area contributed by atoms with Crippen LogP contribution in [0.2, 0.25) is 0 Å². The second-order valence-corrected chi connectivity index (χ2v) is 11.3. The maximum absolute atomic E-state index is 13.6. The van der Waals surface area contributed by atoms with Crippen molar-refractivity contribution in [3.8, 4) is 11.5 Å². The smallest absolute Gasteiger partial charge is 0.254 e. The summed E-state index contributed by atoms with van der Waals surface area (Å²) in [5.41, 5.74) is 5.39. The standard InChI is InChI=1S/C29H38N2O4/c1-17-13-18(2)23(24(32)14-17)16-31-12-11-20-15-25-27(19(3)26(20)28(31)33)35-29(4,34-25)21-7-9-22(10-8-21)30(5)6/h13,15,21-22H,7-12,14,16H2,1-6H3. The summed E-state index contributed by atoms with van der Waals surface area (Å²) in [6.45, 7) is 8.94. The highest BCUT2D eigenvalue weighted by Gasteiger charge is 2.47. The summed E-state index contributed by atoms with van der Waals surface area (Å²) < 4.78 is 13.0. The third kappa shape index (κ3) is 4.20. The Morgan fingerprint density at radius 1 is 1.09 bits per heavy atom. The average molecular weight is 479 g/mol. The van der Waals surface area contributed by atoms with E-state index in [1.165, 1.54) is 0 Å². The number of nitrogens with zero attached hydrogens (tertiary/aromatic N) is 2. The third-order valence-electron chi connectivity index (χ3n) is 8.57. The van der Waals surface area contributed by atoms with Crippen LogP contribution in [0.1, 0.15) is 74.4 Å². The van der Waals surface area contributed by atoms with Crippen molar-refractivity contribution in [3.63, 3.8) is 0 Å². The summed E-state index contributed by atoms with van der Waals surface area (Å²) in [5, 5.41) is 0. The molecule has 1 atom stereocenters. The zero-order chi connectivity index (χ0) is 25.1. The average Bonchev–Trinajstić information content (AvgIpc) is 3.15. The Kier molecular flexibility index (Phi) is 6.07. The second-order valence-electron chi connectivity index (χ2n) is 11.3. The third-order valence-corrected chi connectivity index (χ3v) is 8.57. The number of benzene rings is 1. The number of Topliss-reactive ketones (excluding diaryl/α,β-unsaturated/α-hetero) is 1. The maximum atomic E-state index is 13.6. The van der Waals surface area contributed by atoms with E-state index in [4.69, 9.17) is 9.47 Å². The number of hydrogen-bond acceptors (Lipinski definition) is 5. The molecule has 0 radical (unpaired) electrons. The van der Waals surface area contributed by atoms with E-state index in [9.17, 15) is 9.59 Å². The van der Waals surface area contributed by atoms with Crippen molar-refractivity contribution in [2.45, 2.75) is 78.0 Å². The van der Waals surface area contributed by atoms with E-state index in [2.05, 4.69) is 32.0 Å². The first kappa shape index (κ1) is 24.1. The minimum Gasteiger partial charge on any atom is -0.448 e. The van der Waals surface area contributed by atoms with E-state index in [-0.39, 0.29) is 11.7 Å². The fourth-order valence-electron chi connectivity index (χ4n) is 6.42. The number of amides is 1. The van der Waals surface area contributed by atoms with Gasteiger partial charge in [-0.25, -0.2) is 0 Å². The van der Waals surface area contributed by atoms with Gasteiger partial charge in [0.25, 0.3) is 11.7 Å². The van der Waals surface area contributed by atoms with Gasteiger partial charge in [-0.05, 0) is 84.2 Å². The summed E-state index contributed by atoms with van der Waals surface area (Å²) in [6, 6.07) is 2.64. The number of carbonyl (C=O) groups excluding carboxylic acids is 2. The van der Waals surface area contributed by atoms with Crippen LogP contribution in [0.4, 0.5) is 0 Å². The van der Waals surface area contributed by atoms with E-state index in [0.29, 0.717) is 42.8 Å². The van der Waals surface area contributed by atoms with Crippen LogP contribution in [0.5, 0.6) is 11.5 Å². The topological polar surface area (TPSA) is 59.1 Å². The summed E-state index contributed by atoms with van der Waals surface area (Å²) in [5.74, 6) is 1.20. The molecule has 1 aromatic rings. The Balaban J connectivity index is 1.37. The van der Waals surface area contributed by atoms with Crippen LogP contribution < -0.4 is 9.47 Å². The molecule has 0 spiro atoms. The first-order valence-corrected chi connectivity index (χ1v) is 13.0. The lowest BCUT2D eigenvalue weighted by molar-refractivity contribution is -0.123. The lowest BCUT2D eigenvalue weighted by atomic mass is 9.81. The number of carbonyl (C=O) groups is 2. The molecule has 35 heavy (non-hydrogen) atoms. The molecular weight excluding hydrogens is 440 g/mol. The summed E-state index contributed by atoms with van der Waals surface area (Å²) in [7, 11) is 4.30. The molecule has 6 nitrogen and oxygen atoms in total. The van der Waals surface area contributed by atoms with Gasteiger partial charge in [-0.15, -0.1) is 0 Å². The van der Waals surface area contributed by atoms with Crippen LogP contribution in [-0.2, 0) is 11.2 Å². The number of hydrogen-bond donors (Lipinski definition) is 0. The van der Waals surface area contributed by atoms with Crippen LogP contribution in [0.15, 0.2) is 28.9 Å². The molecule has 4 aliphatic rings. The van der Waals surface area contributed by atoms with Crippen LogP contribution in [0, 0.1) is 12.8 Å². The quantitative estimate of drug-likeness (QED) is 0.620. The van der Waals surface area contributed by atoms with Gasteiger partial charge in [0.2, 0.25) is 0 Å². The van der Waals surface area contributed by atoms with Crippen LogP contribution >= 0.6 is 0 Å². The number of ketones is 1. The molecule has 5 rings (SSSR count). The lowest BCUT2D eigenvalue weighted by Gasteiger charge is -2.39. The largest absolute Gasteiger partial charge is 0.448 e. The van der Waals surface area contributed by atoms with Gasteiger partial charge in [0.15, 0.2) is 17.3 Å². The van der Waals surface area contributed by atoms with Crippen LogP contribution in [0.25, 0.3) is 0 Å². The van der Waals surface area contributed by atoms with E-state index >= 15 is 0 Å². The maximum Gasteiger partial charge on any atom is 0.254 e. The lowest BCUT2D eigenvalue weighted by Crippen LogP contribution is -2.46. The summed E-state index contributed by atoms with van der Waals surface area (Å²) >= 11 is 0. The zero-order valence-corrected chi connectivity index (χ0v) is 22.0. The number of ether oxygens (including phenoxy) is 2. The van der Waals surface area contributed by atoms with Gasteiger partial charge in [0.05, 0.1) is 0 Å². The summed E-state index contributed by atoms with van der Waals surface area (Å²) in [4.78, 5) is 30.4. The molecule has 2 aliphatic heterocycles. The van der Waals surface area contributed by atoms with Crippen molar-refractivity contribution in [1.82, 2.24) is 9.80 Å². The van der Waals surface area contributed by atoms with E-state index in [1.807, 2.05) is 31.7 Å². The molecule has 0 aromatic heterocycles. The molecule has 6 heteroatoms. The van der Waals surface area contributed by atoms with E-state index in [1.54, 1.807) is 0 Å². The van der Waals surface area contributed by atoms with Crippen molar-refractivity contribution < 1.29 is 19.1 Å². The monoisotopic (exact) mass is 478 g/mol. The van der Waals surface area contributed by atoms with Gasteiger partial charge in [0.1, 0.15) is 0 Å². The highest BCUT2D eigenvalue weighted by Crippen LogP contribution is 2.50. The predicted molar refractivity (Wildman–Crippen MR) is 136 cm³/mol. The second kappa shape index (κ2) is 8.81. The minimum absolute atomic E-state index is 0.0189. The van der Waals surface area contributed by atoms with Crippen LogP contribution in [-0.4, -0.2) is 60.5 Å². The Morgan fingerprint density at radius 2 is 1.80 bits per heavy atom. The van der Waals surface area contributed by atoms with Gasteiger partial charge < -0.3 is 19.3 Å². The molecule has 2 heterocycles. The molecule has 1 amide bonds. The van der Waals surface area contributed by atoms with E-state index < -0.39 is 5.79 Å². The molecule has 1 aromatic carbocycles. The molecule has 2 aliphatic carbocycles. The molecule has 0 saturated heterocycles. The van der Waals surface area contributed by atoms with Crippen LogP contribution in [0.3, 0.4) is 0 Å². The first-order chi connectivity index (χ1) is 16.6. The van der Waals surface area contributed by atoms with Gasteiger partial charge in [-0.1, -0.05) is 11.6 Å². The number of allylic oxidation sites excluding steroid dienone is 3. The van der Waals surface area contributed by atoms with Crippen molar-refractivity contribution in [2.24, 2.45) is 5.92 Å². The van der Waals surface area contributed by atoms with Gasteiger partial charge >= 0.3 is 0 Å². The van der Waals surface area contributed by atoms with Gasteiger partial charge in [0, 0.05) is 55.1 Å². The van der Waals surface area contributed by atoms with Crippen molar-refractivity contribution in [1.29, 1.82) is 0 Å². The molecule has 188 valence electrons. The SMILES string of the molecule is CC1=CC(C)=C(CN2CCc3cc4c(c(C)c3C2=O)OC(C)(C2CCC(N(C)C)CC2)O4)C(=O)C1. The van der Waals surface area contributed by atoms with Crippen molar-refractivity contribution >= 4 is 11.7 Å². The normalized spacial score (nSPS) is 28.5. The number of rotatable bonds is 4. The molecule has 0 bridgehead atoms. The summed E-state index contributed by atoms with van der Waals surface area (Å²) in [6.07, 6.45) is 7.67. The first-order valence-electron chi connectivity index (χ1n) is 13.0. The molecule has 1 saturated carbocycles. The van der Waals surface area contributed by atoms with Gasteiger partial charge in [-0.2, -0.15) is 0 Å². The molecule has 0 N–H and O–H groups in total. The Morgan fingerprint density at radius 3 is 2.46 bits per heavy atom. The zero-order valence-electron chi connectivity index (χ0n) is 22.0. The fraction of sp³-hybridized carbons (Fsp3) is 0.586. The molecule has 1 fully saturated rings. The Bertz CT molecular complexity index is 1140. The van der Waals surface area contributed by atoms with Gasteiger partial charge in [-0.3, -0.25) is 9.59 Å². The Labute approximate surface area is 208 Å². The number of fused-ring (bicyclic) bond motifs is 2. The van der Waals surface area contributed by atoms with E-state index in [0.717, 1.165) is 65.7 Å². The Hall–Kier alpha value is -2.60. The highest BCUT2D eigenvalue weighted by atomic mass is 16.7. The highest BCUT2D eigenvalue weighted by molar-refractivity contribution is 6.03. The molecule has 1 unspecified atom stereocenters. The fourth-order valence-corrected chi connectivity index (χ4v) is 6.42.